The molecule has 16 heavy (non-hydrogen) atoms. The second kappa shape index (κ2) is 3.02. The van der Waals surface area contributed by atoms with Gasteiger partial charge >= 0.3 is 0 Å². The molecule has 0 aromatic rings. The van der Waals surface area contributed by atoms with E-state index in [4.69, 9.17) is 0 Å². The molecule has 2 N–H and O–H groups in total. The minimum absolute atomic E-state index is 0.269. The Hall–Kier alpha value is -0.0800. The molecule has 0 amide bonds. The Bertz CT molecular complexity index is 294. The fraction of sp³-hybridized carbons (Fsp3) is 1.00. The monoisotopic (exact) mass is 221 g/mol. The highest BCUT2D eigenvalue weighted by molar-refractivity contribution is 5.12. The Morgan fingerprint density at radius 3 is 2.38 bits per heavy atom. The number of hydrogen-bond acceptors (Lipinski definition) is 2. The topological polar surface area (TPSA) is 32.3 Å². The zero-order valence-corrected chi connectivity index (χ0v) is 10.0. The molecule has 3 unspecified atom stereocenters. The summed E-state index contributed by atoms with van der Waals surface area (Å²) in [4.78, 5) is 0. The number of rotatable bonds is 1. The van der Waals surface area contributed by atoms with Gasteiger partial charge < -0.3 is 10.4 Å². The van der Waals surface area contributed by atoms with Crippen molar-refractivity contribution in [3.8, 4) is 0 Å². The highest BCUT2D eigenvalue weighted by atomic mass is 16.3. The first-order chi connectivity index (χ1) is 7.68. The maximum absolute atomic E-state index is 10.7. The molecule has 4 bridgehead atoms. The second-order valence-corrected chi connectivity index (χ2v) is 7.20. The molecule has 0 radical (unpaired) electrons. The van der Waals surface area contributed by atoms with E-state index in [-0.39, 0.29) is 5.60 Å². The third-order valence-electron chi connectivity index (χ3n) is 5.87. The van der Waals surface area contributed by atoms with E-state index in [1.165, 1.54) is 38.6 Å². The minimum Gasteiger partial charge on any atom is -0.390 e. The lowest BCUT2D eigenvalue weighted by Crippen LogP contribution is -2.60. The summed E-state index contributed by atoms with van der Waals surface area (Å²) in [6.07, 6.45) is 10.3. The summed E-state index contributed by atoms with van der Waals surface area (Å²) in [6, 6.07) is 0.727. The van der Waals surface area contributed by atoms with Crippen LogP contribution in [-0.2, 0) is 0 Å². The van der Waals surface area contributed by atoms with Crippen LogP contribution in [0, 0.1) is 17.3 Å². The van der Waals surface area contributed by atoms with Gasteiger partial charge in [0.05, 0.1) is 5.60 Å². The highest BCUT2D eigenvalue weighted by Crippen LogP contribution is 2.63. The Balaban J connectivity index is 1.68. The third kappa shape index (κ3) is 1.26. The zero-order chi connectivity index (χ0) is 10.8. The molecule has 4 aliphatic carbocycles. The van der Waals surface area contributed by atoms with Crippen LogP contribution < -0.4 is 5.32 Å². The molecular weight excluding hydrogens is 198 g/mol. The first-order valence-electron chi connectivity index (χ1n) is 7.13. The van der Waals surface area contributed by atoms with Gasteiger partial charge in [-0.3, -0.25) is 0 Å². The molecule has 2 heteroatoms. The summed E-state index contributed by atoms with van der Waals surface area (Å²) < 4.78 is 0. The van der Waals surface area contributed by atoms with E-state index >= 15 is 0 Å². The predicted molar refractivity (Wildman–Crippen MR) is 63.1 cm³/mol. The van der Waals surface area contributed by atoms with Crippen LogP contribution >= 0.6 is 0 Å². The fourth-order valence-electron chi connectivity index (χ4n) is 5.90. The molecule has 90 valence electrons. The fourth-order valence-corrected chi connectivity index (χ4v) is 5.90. The van der Waals surface area contributed by atoms with Crippen molar-refractivity contribution in [2.24, 2.45) is 17.3 Å². The molecule has 1 heterocycles. The van der Waals surface area contributed by atoms with Gasteiger partial charge in [-0.05, 0) is 75.2 Å². The van der Waals surface area contributed by atoms with Crippen LogP contribution in [0.4, 0.5) is 0 Å². The summed E-state index contributed by atoms with van der Waals surface area (Å²) >= 11 is 0. The average Bonchev–Trinajstić information content (AvgIpc) is 2.65. The lowest BCUT2D eigenvalue weighted by Gasteiger charge is -2.62. The summed E-state index contributed by atoms with van der Waals surface area (Å²) in [5, 5.41) is 14.4. The van der Waals surface area contributed by atoms with Gasteiger partial charge in [0.25, 0.3) is 0 Å². The summed E-state index contributed by atoms with van der Waals surface area (Å²) in [6.45, 7) is 1.21. The quantitative estimate of drug-likeness (QED) is 0.710. The number of hydrogen-bond donors (Lipinski definition) is 2. The summed E-state index contributed by atoms with van der Waals surface area (Å²) in [5.41, 5.74) is 0.212. The third-order valence-corrected chi connectivity index (χ3v) is 5.87. The van der Waals surface area contributed by atoms with Crippen LogP contribution in [0.25, 0.3) is 0 Å². The molecule has 0 spiro atoms. The van der Waals surface area contributed by atoms with Gasteiger partial charge in [0.15, 0.2) is 0 Å². The lowest BCUT2D eigenvalue weighted by molar-refractivity contribution is -0.172. The normalized spacial score (nSPS) is 59.4. The molecule has 4 saturated carbocycles. The van der Waals surface area contributed by atoms with Gasteiger partial charge in [-0.1, -0.05) is 0 Å². The van der Waals surface area contributed by atoms with E-state index in [2.05, 4.69) is 5.32 Å². The van der Waals surface area contributed by atoms with Crippen molar-refractivity contribution in [3.05, 3.63) is 0 Å². The Labute approximate surface area is 97.8 Å². The Morgan fingerprint density at radius 2 is 1.81 bits per heavy atom. The number of nitrogens with one attached hydrogen (secondary N) is 1. The van der Waals surface area contributed by atoms with Gasteiger partial charge in [-0.25, -0.2) is 0 Å². The molecule has 1 saturated heterocycles. The van der Waals surface area contributed by atoms with Gasteiger partial charge in [-0.2, -0.15) is 0 Å². The van der Waals surface area contributed by atoms with Crippen molar-refractivity contribution in [1.29, 1.82) is 0 Å². The molecule has 2 nitrogen and oxygen atoms in total. The first kappa shape index (κ1) is 9.90. The van der Waals surface area contributed by atoms with Crippen molar-refractivity contribution < 1.29 is 5.11 Å². The minimum atomic E-state index is -0.269. The molecule has 1 aliphatic heterocycles. The molecule has 5 rings (SSSR count). The van der Waals surface area contributed by atoms with E-state index in [1.807, 2.05) is 0 Å². The molecule has 0 aromatic carbocycles. The van der Waals surface area contributed by atoms with Crippen LogP contribution in [0.2, 0.25) is 0 Å². The van der Waals surface area contributed by atoms with Crippen molar-refractivity contribution >= 4 is 0 Å². The Morgan fingerprint density at radius 1 is 1.06 bits per heavy atom. The van der Waals surface area contributed by atoms with Crippen LogP contribution in [0.3, 0.4) is 0 Å². The van der Waals surface area contributed by atoms with Gasteiger partial charge in [-0.15, -0.1) is 0 Å². The van der Waals surface area contributed by atoms with E-state index in [1.54, 1.807) is 0 Å². The second-order valence-electron chi connectivity index (χ2n) is 7.20. The van der Waals surface area contributed by atoms with Crippen molar-refractivity contribution in [1.82, 2.24) is 5.32 Å². The van der Waals surface area contributed by atoms with Crippen molar-refractivity contribution in [3.63, 3.8) is 0 Å². The van der Waals surface area contributed by atoms with Crippen LogP contribution in [0.15, 0.2) is 0 Å². The van der Waals surface area contributed by atoms with Crippen LogP contribution in [0.5, 0.6) is 0 Å². The molecule has 5 fully saturated rings. The molecular formula is C14H23NO. The smallest absolute Gasteiger partial charge is 0.0659 e. The molecule has 5 aliphatic rings. The predicted octanol–water partition coefficient (Wildman–Crippen LogP) is 2.07. The standard InChI is InChI=1S/C14H23NO/c16-14-7-10-4-11(8-14)6-13(5-10,9-14)12-2-1-3-15-12/h10-12,15-16H,1-9H2. The summed E-state index contributed by atoms with van der Waals surface area (Å²) in [5.74, 6) is 1.68. The van der Waals surface area contributed by atoms with Gasteiger partial charge in [0.2, 0.25) is 0 Å². The van der Waals surface area contributed by atoms with Gasteiger partial charge in [0.1, 0.15) is 0 Å². The van der Waals surface area contributed by atoms with Crippen LogP contribution in [0.1, 0.15) is 51.4 Å². The number of aliphatic hydroxyl groups is 1. The largest absolute Gasteiger partial charge is 0.390 e. The molecule has 3 atom stereocenters. The van der Waals surface area contributed by atoms with E-state index in [0.717, 1.165) is 37.1 Å². The van der Waals surface area contributed by atoms with Crippen molar-refractivity contribution in [2.75, 3.05) is 6.54 Å². The zero-order valence-electron chi connectivity index (χ0n) is 10.0. The SMILES string of the molecule is OC12CC3CC(C1)CC(C1CCCN1)(C3)C2. The lowest BCUT2D eigenvalue weighted by atomic mass is 9.46. The average molecular weight is 221 g/mol. The van der Waals surface area contributed by atoms with E-state index in [0.29, 0.717) is 5.41 Å². The van der Waals surface area contributed by atoms with Crippen LogP contribution in [-0.4, -0.2) is 23.3 Å². The maximum Gasteiger partial charge on any atom is 0.0659 e. The Kier molecular flexibility index (Phi) is 1.87. The first-order valence-corrected chi connectivity index (χ1v) is 7.13. The van der Waals surface area contributed by atoms with Gasteiger partial charge in [0, 0.05) is 6.04 Å². The van der Waals surface area contributed by atoms with E-state index in [9.17, 15) is 5.11 Å². The van der Waals surface area contributed by atoms with Crippen molar-refractivity contribution in [2.45, 2.75) is 63.0 Å². The maximum atomic E-state index is 10.7. The molecule has 0 aromatic heterocycles. The highest BCUT2D eigenvalue weighted by Gasteiger charge is 2.59. The summed E-state index contributed by atoms with van der Waals surface area (Å²) in [7, 11) is 0. The van der Waals surface area contributed by atoms with E-state index < -0.39 is 0 Å².